The third-order valence-electron chi connectivity index (χ3n) is 4.04. The van der Waals surface area contributed by atoms with Gasteiger partial charge in [-0.05, 0) is 49.7 Å². The zero-order chi connectivity index (χ0) is 17.8. The molecule has 1 aliphatic rings. The number of amides is 1. The van der Waals surface area contributed by atoms with Gasteiger partial charge in [-0.25, -0.2) is 4.79 Å². The summed E-state index contributed by atoms with van der Waals surface area (Å²) < 4.78 is 10.3. The zero-order valence-corrected chi connectivity index (χ0v) is 14.2. The Kier molecular flexibility index (Phi) is 4.88. The van der Waals surface area contributed by atoms with E-state index in [1.54, 1.807) is 44.4 Å². The van der Waals surface area contributed by atoms with Crippen LogP contribution in [0.5, 0.6) is 5.75 Å². The van der Waals surface area contributed by atoms with Crippen molar-refractivity contribution in [1.82, 2.24) is 0 Å². The molecule has 25 heavy (non-hydrogen) atoms. The van der Waals surface area contributed by atoms with Gasteiger partial charge in [-0.2, -0.15) is 0 Å². The average Bonchev–Trinajstić information content (AvgIpc) is 3.10. The van der Waals surface area contributed by atoms with Gasteiger partial charge in [-0.15, -0.1) is 0 Å². The van der Waals surface area contributed by atoms with E-state index in [1.807, 2.05) is 6.07 Å². The lowest BCUT2D eigenvalue weighted by Crippen LogP contribution is -2.13. The molecule has 0 fully saturated rings. The predicted octanol–water partition coefficient (Wildman–Crippen LogP) is 3.09. The average molecular weight is 340 g/mol. The summed E-state index contributed by atoms with van der Waals surface area (Å²) in [5.74, 6) is 0.0961. The van der Waals surface area contributed by atoms with Gasteiger partial charge in [0.05, 0.1) is 19.3 Å². The summed E-state index contributed by atoms with van der Waals surface area (Å²) in [6.45, 7) is 2.92. The molecule has 0 unspecified atom stereocenters. The smallest absolute Gasteiger partial charge is 0.338 e. The van der Waals surface area contributed by atoms with Crippen LogP contribution in [-0.4, -0.2) is 32.1 Å². The van der Waals surface area contributed by atoms with Crippen molar-refractivity contribution in [2.75, 3.05) is 30.9 Å². The lowest BCUT2D eigenvalue weighted by atomic mass is 10.1. The molecule has 1 aliphatic heterocycles. The van der Waals surface area contributed by atoms with E-state index in [0.717, 1.165) is 24.2 Å². The highest BCUT2D eigenvalue weighted by Gasteiger charge is 2.19. The third kappa shape index (κ3) is 3.57. The Bertz CT molecular complexity index is 800. The lowest BCUT2D eigenvalue weighted by molar-refractivity contribution is 0.0526. The van der Waals surface area contributed by atoms with Crippen molar-refractivity contribution in [2.24, 2.45) is 0 Å². The molecular formula is C19H20N2O4. The second kappa shape index (κ2) is 7.25. The van der Waals surface area contributed by atoms with Gasteiger partial charge in [-0.1, -0.05) is 0 Å². The van der Waals surface area contributed by atoms with Gasteiger partial charge in [0, 0.05) is 29.0 Å². The van der Waals surface area contributed by atoms with Crippen LogP contribution in [0.4, 0.5) is 11.4 Å². The molecule has 0 atom stereocenters. The van der Waals surface area contributed by atoms with Crippen LogP contribution in [-0.2, 0) is 11.2 Å². The van der Waals surface area contributed by atoms with Gasteiger partial charge < -0.3 is 20.1 Å². The van der Waals surface area contributed by atoms with Gasteiger partial charge in [0.1, 0.15) is 5.75 Å². The largest absolute Gasteiger partial charge is 0.496 e. The Balaban J connectivity index is 1.75. The van der Waals surface area contributed by atoms with Crippen molar-refractivity contribution in [3.8, 4) is 5.75 Å². The quantitative estimate of drug-likeness (QED) is 0.818. The number of benzene rings is 2. The Morgan fingerprint density at radius 1 is 1.16 bits per heavy atom. The van der Waals surface area contributed by atoms with Gasteiger partial charge in [0.15, 0.2) is 0 Å². The van der Waals surface area contributed by atoms with Crippen molar-refractivity contribution in [3.63, 3.8) is 0 Å². The zero-order valence-electron chi connectivity index (χ0n) is 14.2. The maximum atomic E-state index is 12.5. The first kappa shape index (κ1) is 16.8. The molecule has 2 N–H and O–H groups in total. The van der Waals surface area contributed by atoms with Crippen LogP contribution in [0.15, 0.2) is 36.4 Å². The summed E-state index contributed by atoms with van der Waals surface area (Å²) in [4.78, 5) is 24.2. The van der Waals surface area contributed by atoms with Crippen LogP contribution in [0.3, 0.4) is 0 Å². The fourth-order valence-electron chi connectivity index (χ4n) is 2.80. The molecule has 0 aliphatic carbocycles. The molecule has 1 heterocycles. The summed E-state index contributed by atoms with van der Waals surface area (Å²) in [6.07, 6.45) is 0.885. The van der Waals surface area contributed by atoms with E-state index in [0.29, 0.717) is 29.2 Å². The normalized spacial score (nSPS) is 12.1. The highest BCUT2D eigenvalue weighted by atomic mass is 16.5. The lowest BCUT2D eigenvalue weighted by Gasteiger charge is -2.11. The molecule has 1 amide bonds. The minimum atomic E-state index is -0.380. The molecule has 3 rings (SSSR count). The third-order valence-corrected chi connectivity index (χ3v) is 4.04. The van der Waals surface area contributed by atoms with E-state index >= 15 is 0 Å². The van der Waals surface area contributed by atoms with Crippen molar-refractivity contribution in [3.05, 3.63) is 53.1 Å². The number of methoxy groups -OCH3 is 1. The molecule has 2 aromatic rings. The molecule has 0 aromatic heterocycles. The first-order chi connectivity index (χ1) is 12.1. The first-order valence-electron chi connectivity index (χ1n) is 8.15. The summed E-state index contributed by atoms with van der Waals surface area (Å²) in [5, 5.41) is 6.08. The molecule has 0 spiro atoms. The minimum absolute atomic E-state index is 0.237. The Morgan fingerprint density at radius 2 is 1.92 bits per heavy atom. The number of esters is 1. The molecule has 0 saturated carbocycles. The SMILES string of the molecule is CCOC(=O)c1ccc(NC(=O)c2cc3c(c(OC)c2)CCN3)cc1. The van der Waals surface area contributed by atoms with E-state index < -0.39 is 0 Å². The number of nitrogens with one attached hydrogen (secondary N) is 2. The van der Waals surface area contributed by atoms with Gasteiger partial charge in [0.2, 0.25) is 0 Å². The van der Waals surface area contributed by atoms with Crippen LogP contribution < -0.4 is 15.4 Å². The monoisotopic (exact) mass is 340 g/mol. The number of carbonyl (C=O) groups excluding carboxylic acids is 2. The number of ether oxygens (including phenoxy) is 2. The maximum Gasteiger partial charge on any atom is 0.338 e. The Morgan fingerprint density at radius 3 is 2.60 bits per heavy atom. The number of rotatable bonds is 5. The van der Waals surface area contributed by atoms with Crippen molar-refractivity contribution < 1.29 is 19.1 Å². The molecule has 6 nitrogen and oxygen atoms in total. The Labute approximate surface area is 146 Å². The first-order valence-corrected chi connectivity index (χ1v) is 8.15. The van der Waals surface area contributed by atoms with Crippen LogP contribution in [0.1, 0.15) is 33.2 Å². The summed E-state index contributed by atoms with van der Waals surface area (Å²) >= 11 is 0. The molecular weight excluding hydrogens is 320 g/mol. The maximum absolute atomic E-state index is 12.5. The van der Waals surface area contributed by atoms with Gasteiger partial charge >= 0.3 is 5.97 Å². The second-order valence-electron chi connectivity index (χ2n) is 5.63. The van der Waals surface area contributed by atoms with Crippen molar-refractivity contribution in [2.45, 2.75) is 13.3 Å². The molecule has 0 saturated heterocycles. The van der Waals surface area contributed by atoms with E-state index in [9.17, 15) is 9.59 Å². The summed E-state index contributed by atoms with van der Waals surface area (Å²) in [6, 6.07) is 10.2. The fourth-order valence-corrected chi connectivity index (χ4v) is 2.80. The molecule has 6 heteroatoms. The predicted molar refractivity (Wildman–Crippen MR) is 95.5 cm³/mol. The van der Waals surface area contributed by atoms with Crippen LogP contribution >= 0.6 is 0 Å². The number of carbonyl (C=O) groups is 2. The van der Waals surface area contributed by atoms with Crippen LogP contribution in [0, 0.1) is 0 Å². The van der Waals surface area contributed by atoms with Gasteiger partial charge in [-0.3, -0.25) is 4.79 Å². The van der Waals surface area contributed by atoms with E-state index in [-0.39, 0.29) is 11.9 Å². The molecule has 0 bridgehead atoms. The van der Waals surface area contributed by atoms with Crippen LogP contribution in [0.2, 0.25) is 0 Å². The number of anilines is 2. The second-order valence-corrected chi connectivity index (χ2v) is 5.63. The topological polar surface area (TPSA) is 76.7 Å². The van der Waals surface area contributed by atoms with E-state index in [1.165, 1.54) is 0 Å². The standard InChI is InChI=1S/C19H20N2O4/c1-3-25-19(23)12-4-6-14(7-5-12)21-18(22)13-10-16-15(8-9-20-16)17(11-13)24-2/h4-7,10-11,20H,3,8-9H2,1-2H3,(H,21,22). The highest BCUT2D eigenvalue weighted by molar-refractivity contribution is 6.05. The minimum Gasteiger partial charge on any atom is -0.496 e. The molecule has 2 aromatic carbocycles. The van der Waals surface area contributed by atoms with Crippen LogP contribution in [0.25, 0.3) is 0 Å². The molecule has 130 valence electrons. The van der Waals surface area contributed by atoms with E-state index in [2.05, 4.69) is 10.6 Å². The van der Waals surface area contributed by atoms with Gasteiger partial charge in [0.25, 0.3) is 5.91 Å². The van der Waals surface area contributed by atoms with E-state index in [4.69, 9.17) is 9.47 Å². The summed E-state index contributed by atoms with van der Waals surface area (Å²) in [5.41, 5.74) is 3.59. The Hall–Kier alpha value is -3.02. The summed E-state index contributed by atoms with van der Waals surface area (Å²) in [7, 11) is 1.60. The number of hydrogen-bond acceptors (Lipinski definition) is 5. The number of fused-ring (bicyclic) bond motifs is 1. The van der Waals surface area contributed by atoms with Crippen molar-refractivity contribution in [1.29, 1.82) is 0 Å². The number of hydrogen-bond donors (Lipinski definition) is 2. The molecule has 0 radical (unpaired) electrons. The highest BCUT2D eigenvalue weighted by Crippen LogP contribution is 2.33. The van der Waals surface area contributed by atoms with Crippen molar-refractivity contribution >= 4 is 23.3 Å². The fraction of sp³-hybridized carbons (Fsp3) is 0.263.